The van der Waals surface area contributed by atoms with Gasteiger partial charge in [-0.05, 0) is 56.3 Å². The summed E-state index contributed by atoms with van der Waals surface area (Å²) >= 11 is 0. The second kappa shape index (κ2) is 4.53. The van der Waals surface area contributed by atoms with Crippen LogP contribution in [0.3, 0.4) is 0 Å². The standard InChI is InChI=1S/C15H21NO/c1-10(2)14-8-15-12(6-11(14)3)7-13(17-15)9-16(4)5/h6-8,10H,9H2,1-5H3. The Hall–Kier alpha value is -1.28. The zero-order valence-corrected chi connectivity index (χ0v) is 11.4. The van der Waals surface area contributed by atoms with E-state index in [-0.39, 0.29) is 0 Å². The zero-order chi connectivity index (χ0) is 12.6. The molecule has 2 heteroatoms. The Morgan fingerprint density at radius 3 is 2.47 bits per heavy atom. The molecule has 17 heavy (non-hydrogen) atoms. The van der Waals surface area contributed by atoms with Crippen molar-refractivity contribution < 1.29 is 4.42 Å². The van der Waals surface area contributed by atoms with E-state index in [1.165, 1.54) is 16.5 Å². The Bertz CT molecular complexity index is 523. The van der Waals surface area contributed by atoms with Crippen molar-refractivity contribution in [1.82, 2.24) is 4.90 Å². The minimum absolute atomic E-state index is 0.543. The quantitative estimate of drug-likeness (QED) is 0.796. The lowest BCUT2D eigenvalue weighted by Gasteiger charge is -2.08. The van der Waals surface area contributed by atoms with Crippen molar-refractivity contribution >= 4 is 11.0 Å². The molecule has 0 saturated carbocycles. The summed E-state index contributed by atoms with van der Waals surface area (Å²) < 4.78 is 5.88. The Morgan fingerprint density at radius 1 is 1.18 bits per heavy atom. The molecule has 0 aliphatic carbocycles. The Labute approximate surface area is 103 Å². The molecule has 0 amide bonds. The van der Waals surface area contributed by atoms with Gasteiger partial charge in [0.2, 0.25) is 0 Å². The molecule has 92 valence electrons. The molecule has 0 radical (unpaired) electrons. The minimum atomic E-state index is 0.543. The maximum absolute atomic E-state index is 5.88. The molecular weight excluding hydrogens is 210 g/mol. The first-order valence-electron chi connectivity index (χ1n) is 6.15. The average molecular weight is 231 g/mol. The summed E-state index contributed by atoms with van der Waals surface area (Å²) in [5.74, 6) is 1.58. The number of nitrogens with zero attached hydrogens (tertiary/aromatic N) is 1. The van der Waals surface area contributed by atoms with E-state index in [2.05, 4.69) is 58.0 Å². The van der Waals surface area contributed by atoms with E-state index in [1.807, 2.05) is 0 Å². The first-order valence-corrected chi connectivity index (χ1v) is 6.15. The van der Waals surface area contributed by atoms with Crippen LogP contribution in [-0.4, -0.2) is 19.0 Å². The highest BCUT2D eigenvalue weighted by atomic mass is 16.3. The SMILES string of the molecule is Cc1cc2cc(CN(C)C)oc2cc1C(C)C. The number of fused-ring (bicyclic) bond motifs is 1. The van der Waals surface area contributed by atoms with Crippen LogP contribution in [0.15, 0.2) is 22.6 Å². The van der Waals surface area contributed by atoms with Gasteiger partial charge in [0, 0.05) is 5.39 Å². The van der Waals surface area contributed by atoms with E-state index in [1.54, 1.807) is 0 Å². The topological polar surface area (TPSA) is 16.4 Å². The molecule has 0 aliphatic heterocycles. The molecule has 2 aromatic rings. The van der Waals surface area contributed by atoms with E-state index < -0.39 is 0 Å². The summed E-state index contributed by atoms with van der Waals surface area (Å²) in [5, 5.41) is 1.21. The van der Waals surface area contributed by atoms with Crippen molar-refractivity contribution in [2.75, 3.05) is 14.1 Å². The highest BCUT2D eigenvalue weighted by Crippen LogP contribution is 2.27. The molecule has 2 rings (SSSR count). The maximum atomic E-state index is 5.88. The first kappa shape index (κ1) is 12.2. The van der Waals surface area contributed by atoms with Crippen LogP contribution in [0, 0.1) is 6.92 Å². The highest BCUT2D eigenvalue weighted by Gasteiger charge is 2.10. The fourth-order valence-corrected chi connectivity index (χ4v) is 2.28. The van der Waals surface area contributed by atoms with Crippen LogP contribution in [-0.2, 0) is 6.54 Å². The number of hydrogen-bond acceptors (Lipinski definition) is 2. The van der Waals surface area contributed by atoms with Crippen molar-refractivity contribution in [2.24, 2.45) is 0 Å². The fourth-order valence-electron chi connectivity index (χ4n) is 2.28. The molecule has 1 aromatic carbocycles. The van der Waals surface area contributed by atoms with E-state index in [0.29, 0.717) is 5.92 Å². The van der Waals surface area contributed by atoms with Crippen LogP contribution < -0.4 is 0 Å². The van der Waals surface area contributed by atoms with Gasteiger partial charge in [0.25, 0.3) is 0 Å². The smallest absolute Gasteiger partial charge is 0.134 e. The normalized spacial score (nSPS) is 11.9. The second-order valence-corrected chi connectivity index (χ2v) is 5.35. The molecule has 0 aliphatic rings. The summed E-state index contributed by atoms with van der Waals surface area (Å²) in [4.78, 5) is 2.12. The van der Waals surface area contributed by atoms with Crippen molar-refractivity contribution in [1.29, 1.82) is 0 Å². The van der Waals surface area contributed by atoms with Gasteiger partial charge in [0.1, 0.15) is 11.3 Å². The Kier molecular flexibility index (Phi) is 3.25. The van der Waals surface area contributed by atoms with Crippen molar-refractivity contribution in [3.8, 4) is 0 Å². The molecule has 0 fully saturated rings. The fraction of sp³-hybridized carbons (Fsp3) is 0.467. The van der Waals surface area contributed by atoms with Crippen LogP contribution >= 0.6 is 0 Å². The molecule has 0 unspecified atom stereocenters. The van der Waals surface area contributed by atoms with Crippen LogP contribution in [0.4, 0.5) is 0 Å². The largest absolute Gasteiger partial charge is 0.460 e. The molecule has 1 heterocycles. The predicted molar refractivity (Wildman–Crippen MR) is 72.4 cm³/mol. The number of aryl methyl sites for hydroxylation is 1. The molecule has 0 bridgehead atoms. The number of furan rings is 1. The van der Waals surface area contributed by atoms with Gasteiger partial charge in [-0.3, -0.25) is 0 Å². The summed E-state index contributed by atoms with van der Waals surface area (Å²) in [5.41, 5.74) is 3.74. The molecule has 1 aromatic heterocycles. The van der Waals surface area contributed by atoms with Gasteiger partial charge >= 0.3 is 0 Å². The highest BCUT2D eigenvalue weighted by molar-refractivity contribution is 5.80. The van der Waals surface area contributed by atoms with Crippen molar-refractivity contribution in [3.63, 3.8) is 0 Å². The monoisotopic (exact) mass is 231 g/mol. The van der Waals surface area contributed by atoms with Gasteiger partial charge in [0.05, 0.1) is 6.54 Å². The van der Waals surface area contributed by atoms with Gasteiger partial charge in [-0.2, -0.15) is 0 Å². The Morgan fingerprint density at radius 2 is 1.88 bits per heavy atom. The minimum Gasteiger partial charge on any atom is -0.460 e. The second-order valence-electron chi connectivity index (χ2n) is 5.35. The van der Waals surface area contributed by atoms with Gasteiger partial charge in [-0.15, -0.1) is 0 Å². The lowest BCUT2D eigenvalue weighted by atomic mass is 9.97. The maximum Gasteiger partial charge on any atom is 0.134 e. The third-order valence-corrected chi connectivity index (χ3v) is 3.05. The lowest BCUT2D eigenvalue weighted by Crippen LogP contribution is -2.09. The zero-order valence-electron chi connectivity index (χ0n) is 11.4. The van der Waals surface area contributed by atoms with Crippen LogP contribution in [0.5, 0.6) is 0 Å². The molecular formula is C15H21NO. The van der Waals surface area contributed by atoms with Crippen molar-refractivity contribution in [3.05, 3.63) is 35.1 Å². The van der Waals surface area contributed by atoms with Gasteiger partial charge < -0.3 is 9.32 Å². The van der Waals surface area contributed by atoms with E-state index in [9.17, 15) is 0 Å². The predicted octanol–water partition coefficient (Wildman–Crippen LogP) is 3.93. The summed E-state index contributed by atoms with van der Waals surface area (Å²) in [6.07, 6.45) is 0. The molecule has 0 saturated heterocycles. The summed E-state index contributed by atoms with van der Waals surface area (Å²) in [6.45, 7) is 7.47. The number of rotatable bonds is 3. The molecule has 0 spiro atoms. The van der Waals surface area contributed by atoms with E-state index in [0.717, 1.165) is 17.9 Å². The van der Waals surface area contributed by atoms with Gasteiger partial charge in [-0.25, -0.2) is 0 Å². The average Bonchev–Trinajstić information content (AvgIpc) is 2.56. The lowest BCUT2D eigenvalue weighted by molar-refractivity contribution is 0.358. The van der Waals surface area contributed by atoms with Crippen molar-refractivity contribution in [2.45, 2.75) is 33.2 Å². The van der Waals surface area contributed by atoms with Crippen LogP contribution in [0.25, 0.3) is 11.0 Å². The molecule has 2 nitrogen and oxygen atoms in total. The number of benzene rings is 1. The third-order valence-electron chi connectivity index (χ3n) is 3.05. The van der Waals surface area contributed by atoms with E-state index in [4.69, 9.17) is 4.42 Å². The Balaban J connectivity index is 2.47. The van der Waals surface area contributed by atoms with Crippen LogP contribution in [0.2, 0.25) is 0 Å². The third kappa shape index (κ3) is 2.52. The number of hydrogen-bond donors (Lipinski definition) is 0. The van der Waals surface area contributed by atoms with E-state index >= 15 is 0 Å². The van der Waals surface area contributed by atoms with Gasteiger partial charge in [-0.1, -0.05) is 13.8 Å². The molecule has 0 N–H and O–H groups in total. The first-order chi connectivity index (χ1) is 7.97. The summed E-state index contributed by atoms with van der Waals surface area (Å²) in [7, 11) is 4.11. The summed E-state index contributed by atoms with van der Waals surface area (Å²) in [6, 6.07) is 6.56. The molecule has 0 atom stereocenters. The van der Waals surface area contributed by atoms with Gasteiger partial charge in [0.15, 0.2) is 0 Å². The van der Waals surface area contributed by atoms with Crippen LogP contribution in [0.1, 0.15) is 36.7 Å².